The van der Waals surface area contributed by atoms with E-state index in [-0.39, 0.29) is 12.6 Å². The van der Waals surface area contributed by atoms with E-state index in [0.29, 0.717) is 6.54 Å². The van der Waals surface area contributed by atoms with Crippen molar-refractivity contribution in [3.63, 3.8) is 0 Å². The Morgan fingerprint density at radius 2 is 2.31 bits per heavy atom. The summed E-state index contributed by atoms with van der Waals surface area (Å²) < 4.78 is 23.7. The summed E-state index contributed by atoms with van der Waals surface area (Å²) in [5, 5.41) is 4.61. The van der Waals surface area contributed by atoms with Crippen molar-refractivity contribution in [2.24, 2.45) is 5.73 Å². The van der Waals surface area contributed by atoms with Gasteiger partial charge in [-0.05, 0) is 11.4 Å². The van der Waals surface area contributed by atoms with Crippen molar-refractivity contribution in [2.75, 3.05) is 13.1 Å². The highest BCUT2D eigenvalue weighted by Crippen LogP contribution is 2.17. The minimum atomic E-state index is -2.32. The molecule has 1 atom stereocenters. The van der Waals surface area contributed by atoms with Gasteiger partial charge in [-0.15, -0.1) is 11.3 Å². The minimum Gasteiger partial charge on any atom is -0.329 e. The van der Waals surface area contributed by atoms with Gasteiger partial charge in [-0.25, -0.2) is 8.78 Å². The molecule has 13 heavy (non-hydrogen) atoms. The number of hydrogen-bond donors (Lipinski definition) is 2. The topological polar surface area (TPSA) is 38.0 Å². The molecular formula is C8H12F2N2S. The van der Waals surface area contributed by atoms with Gasteiger partial charge >= 0.3 is 0 Å². The van der Waals surface area contributed by atoms with Gasteiger partial charge in [0.2, 0.25) is 0 Å². The molecule has 0 saturated heterocycles. The Balaban J connectivity index is 2.44. The van der Waals surface area contributed by atoms with Crippen LogP contribution < -0.4 is 11.1 Å². The highest BCUT2D eigenvalue weighted by molar-refractivity contribution is 7.10. The molecule has 0 aliphatic carbocycles. The summed E-state index contributed by atoms with van der Waals surface area (Å²) >= 11 is 1.52. The molecule has 5 heteroatoms. The molecule has 0 radical (unpaired) electrons. The van der Waals surface area contributed by atoms with Crippen LogP contribution in [0.25, 0.3) is 0 Å². The molecule has 0 aliphatic rings. The first-order valence-corrected chi connectivity index (χ1v) is 4.87. The van der Waals surface area contributed by atoms with E-state index in [1.807, 2.05) is 17.5 Å². The third-order valence-electron chi connectivity index (χ3n) is 1.64. The van der Waals surface area contributed by atoms with Crippen LogP contribution in [0.15, 0.2) is 17.5 Å². The monoisotopic (exact) mass is 206 g/mol. The second kappa shape index (κ2) is 5.26. The first kappa shape index (κ1) is 10.6. The van der Waals surface area contributed by atoms with Crippen molar-refractivity contribution >= 4 is 11.3 Å². The Labute approximate surface area is 79.8 Å². The van der Waals surface area contributed by atoms with Crippen molar-refractivity contribution in [1.29, 1.82) is 0 Å². The lowest BCUT2D eigenvalue weighted by Gasteiger charge is -2.14. The maximum absolute atomic E-state index is 11.9. The van der Waals surface area contributed by atoms with Crippen LogP contribution >= 0.6 is 11.3 Å². The van der Waals surface area contributed by atoms with Crippen LogP contribution in [0.1, 0.15) is 10.9 Å². The Morgan fingerprint density at radius 1 is 1.54 bits per heavy atom. The van der Waals surface area contributed by atoms with Gasteiger partial charge in [-0.1, -0.05) is 6.07 Å². The Morgan fingerprint density at radius 3 is 2.77 bits per heavy atom. The lowest BCUT2D eigenvalue weighted by Crippen LogP contribution is -2.31. The smallest absolute Gasteiger partial charge is 0.250 e. The second-order valence-corrected chi connectivity index (χ2v) is 3.58. The van der Waals surface area contributed by atoms with Crippen LogP contribution in [0.2, 0.25) is 0 Å². The summed E-state index contributed by atoms with van der Waals surface area (Å²) in [6, 6.07) is 3.63. The molecule has 0 spiro atoms. The lowest BCUT2D eigenvalue weighted by molar-refractivity contribution is 0.142. The van der Waals surface area contributed by atoms with Crippen molar-refractivity contribution in [3.05, 3.63) is 22.4 Å². The third kappa shape index (κ3) is 3.38. The average molecular weight is 206 g/mol. The molecule has 0 saturated carbocycles. The summed E-state index contributed by atoms with van der Waals surface area (Å²) in [6.45, 7) is 0.0347. The number of halogens is 2. The summed E-state index contributed by atoms with van der Waals surface area (Å²) in [6.07, 6.45) is -2.32. The maximum Gasteiger partial charge on any atom is 0.250 e. The van der Waals surface area contributed by atoms with Crippen molar-refractivity contribution < 1.29 is 8.78 Å². The maximum atomic E-state index is 11.9. The summed E-state index contributed by atoms with van der Waals surface area (Å²) in [5.41, 5.74) is 5.45. The van der Waals surface area contributed by atoms with Crippen molar-refractivity contribution in [3.8, 4) is 0 Å². The van der Waals surface area contributed by atoms with E-state index in [0.717, 1.165) is 4.88 Å². The fourth-order valence-electron chi connectivity index (χ4n) is 1.02. The van der Waals surface area contributed by atoms with E-state index in [2.05, 4.69) is 5.32 Å². The van der Waals surface area contributed by atoms with Gasteiger partial charge in [-0.2, -0.15) is 0 Å². The van der Waals surface area contributed by atoms with E-state index < -0.39 is 6.43 Å². The van der Waals surface area contributed by atoms with E-state index in [9.17, 15) is 8.78 Å². The number of rotatable bonds is 5. The highest BCUT2D eigenvalue weighted by Gasteiger charge is 2.11. The Hall–Kier alpha value is -0.520. The van der Waals surface area contributed by atoms with Crippen LogP contribution in [0, 0.1) is 0 Å². The van der Waals surface area contributed by atoms with Crippen LogP contribution in [0.4, 0.5) is 8.78 Å². The standard InChI is InChI=1S/C8H12F2N2S/c9-8(10)5-12-6(4-11)7-2-1-3-13-7/h1-3,6,8,12H,4-5,11H2. The fraction of sp³-hybridized carbons (Fsp3) is 0.500. The van der Waals surface area contributed by atoms with Gasteiger partial charge in [0, 0.05) is 11.4 Å². The summed E-state index contributed by atoms with van der Waals surface area (Å²) in [4.78, 5) is 1.00. The molecule has 0 aromatic carbocycles. The third-order valence-corrected chi connectivity index (χ3v) is 2.63. The predicted molar refractivity (Wildman–Crippen MR) is 50.1 cm³/mol. The molecule has 1 aromatic rings. The molecule has 2 nitrogen and oxygen atoms in total. The molecule has 0 bridgehead atoms. The Kier molecular flexibility index (Phi) is 4.27. The van der Waals surface area contributed by atoms with E-state index in [1.54, 1.807) is 0 Å². The average Bonchev–Trinajstić information content (AvgIpc) is 2.58. The first-order chi connectivity index (χ1) is 6.24. The lowest BCUT2D eigenvalue weighted by atomic mass is 10.2. The van der Waals surface area contributed by atoms with Gasteiger partial charge in [0.25, 0.3) is 6.43 Å². The molecule has 3 N–H and O–H groups in total. The van der Waals surface area contributed by atoms with Crippen molar-refractivity contribution in [2.45, 2.75) is 12.5 Å². The van der Waals surface area contributed by atoms with Gasteiger partial charge in [-0.3, -0.25) is 0 Å². The van der Waals surface area contributed by atoms with Gasteiger partial charge in [0.05, 0.1) is 12.6 Å². The number of nitrogens with one attached hydrogen (secondary N) is 1. The molecule has 1 rings (SSSR count). The second-order valence-electron chi connectivity index (χ2n) is 2.60. The predicted octanol–water partition coefficient (Wildman–Crippen LogP) is 1.60. The summed E-state index contributed by atoms with van der Waals surface area (Å²) in [5.74, 6) is 0. The fourth-order valence-corrected chi connectivity index (χ4v) is 1.84. The van der Waals surface area contributed by atoms with Gasteiger partial charge < -0.3 is 11.1 Å². The minimum absolute atomic E-state index is 0.144. The zero-order valence-corrected chi connectivity index (χ0v) is 7.86. The molecule has 1 heterocycles. The van der Waals surface area contributed by atoms with Crippen LogP contribution in [-0.2, 0) is 0 Å². The van der Waals surface area contributed by atoms with Crippen LogP contribution in [0.5, 0.6) is 0 Å². The quantitative estimate of drug-likeness (QED) is 0.768. The van der Waals surface area contributed by atoms with Crippen LogP contribution in [0.3, 0.4) is 0 Å². The van der Waals surface area contributed by atoms with Gasteiger partial charge in [0.15, 0.2) is 0 Å². The molecule has 0 amide bonds. The highest BCUT2D eigenvalue weighted by atomic mass is 32.1. The summed E-state index contributed by atoms with van der Waals surface area (Å²) in [7, 11) is 0. The van der Waals surface area contributed by atoms with Gasteiger partial charge in [0.1, 0.15) is 0 Å². The largest absolute Gasteiger partial charge is 0.329 e. The van der Waals surface area contributed by atoms with Crippen molar-refractivity contribution in [1.82, 2.24) is 5.32 Å². The number of thiophene rings is 1. The molecule has 0 aliphatic heterocycles. The normalized spacial score (nSPS) is 13.5. The molecule has 74 valence electrons. The Bertz CT molecular complexity index is 226. The zero-order chi connectivity index (χ0) is 9.68. The molecule has 0 fully saturated rings. The van der Waals surface area contributed by atoms with E-state index >= 15 is 0 Å². The number of alkyl halides is 2. The van der Waals surface area contributed by atoms with E-state index in [1.165, 1.54) is 11.3 Å². The molecular weight excluding hydrogens is 194 g/mol. The SMILES string of the molecule is NCC(NCC(F)F)c1cccs1. The molecule has 1 unspecified atom stereocenters. The zero-order valence-electron chi connectivity index (χ0n) is 7.04. The van der Waals surface area contributed by atoms with Crippen LogP contribution in [-0.4, -0.2) is 19.5 Å². The molecule has 1 aromatic heterocycles. The number of hydrogen-bond acceptors (Lipinski definition) is 3. The number of nitrogens with two attached hydrogens (primary N) is 1. The first-order valence-electron chi connectivity index (χ1n) is 3.99. The van der Waals surface area contributed by atoms with E-state index in [4.69, 9.17) is 5.73 Å².